The van der Waals surface area contributed by atoms with Crippen LogP contribution in [-0.4, -0.2) is 43.7 Å². The third kappa shape index (κ3) is 3.28. The Kier molecular flexibility index (Phi) is 4.12. The van der Waals surface area contributed by atoms with Crippen molar-refractivity contribution < 1.29 is 5.11 Å². The van der Waals surface area contributed by atoms with Gasteiger partial charge in [-0.1, -0.05) is 22.9 Å². The van der Waals surface area contributed by atoms with E-state index >= 15 is 0 Å². The Hall–Kier alpha value is -1.94. The van der Waals surface area contributed by atoms with Crippen molar-refractivity contribution in [2.75, 3.05) is 13.1 Å². The van der Waals surface area contributed by atoms with Crippen molar-refractivity contribution in [3.05, 3.63) is 46.7 Å². The van der Waals surface area contributed by atoms with Crippen molar-refractivity contribution in [2.24, 2.45) is 0 Å². The highest BCUT2D eigenvalue weighted by molar-refractivity contribution is 6.30. The molecule has 0 radical (unpaired) electrons. The summed E-state index contributed by atoms with van der Waals surface area (Å²) in [5, 5.41) is 28.1. The van der Waals surface area contributed by atoms with Crippen molar-refractivity contribution >= 4 is 11.6 Å². The van der Waals surface area contributed by atoms with Crippen LogP contribution < -0.4 is 0 Å². The lowest BCUT2D eigenvalue weighted by Gasteiger charge is -2.23. The molecule has 1 atom stereocenters. The molecule has 1 unspecified atom stereocenters. The molecule has 0 spiro atoms. The van der Waals surface area contributed by atoms with E-state index in [1.165, 1.54) is 0 Å². The minimum atomic E-state index is -0.813. The predicted molar refractivity (Wildman–Crippen MR) is 81.0 cm³/mol. The first-order valence-corrected chi connectivity index (χ1v) is 7.43. The van der Waals surface area contributed by atoms with Gasteiger partial charge in [0.2, 0.25) is 0 Å². The highest BCUT2D eigenvalue weighted by Gasteiger charge is 2.36. The highest BCUT2D eigenvalue weighted by Crippen LogP contribution is 2.26. The average Bonchev–Trinajstić information content (AvgIpc) is 3.11. The Labute approximate surface area is 133 Å². The van der Waals surface area contributed by atoms with Gasteiger partial charge in [0.05, 0.1) is 30.0 Å². The predicted octanol–water partition coefficient (Wildman–Crippen LogP) is 1.44. The van der Waals surface area contributed by atoms with E-state index in [0.717, 1.165) is 12.1 Å². The van der Waals surface area contributed by atoms with E-state index in [0.29, 0.717) is 36.6 Å². The fourth-order valence-corrected chi connectivity index (χ4v) is 3.03. The molecule has 1 saturated heterocycles. The molecule has 6 nitrogen and oxygen atoms in total. The van der Waals surface area contributed by atoms with E-state index in [2.05, 4.69) is 21.3 Å². The molecule has 114 valence electrons. The lowest BCUT2D eigenvalue weighted by molar-refractivity contribution is 0.0274. The molecule has 0 saturated carbocycles. The zero-order valence-electron chi connectivity index (χ0n) is 12.0. The molecule has 3 rings (SSSR count). The molecule has 1 aromatic heterocycles. The molecule has 1 fully saturated rings. The number of nitrogens with zero attached hydrogens (tertiary/aromatic N) is 5. The normalized spacial score (nSPS) is 21.9. The van der Waals surface area contributed by atoms with Gasteiger partial charge in [0, 0.05) is 30.9 Å². The maximum Gasteiger partial charge on any atom is 0.0995 e. The zero-order chi connectivity index (χ0) is 15.6. The first kappa shape index (κ1) is 15.0. The third-order valence-corrected chi connectivity index (χ3v) is 4.16. The maximum absolute atomic E-state index is 10.7. The number of rotatable bonds is 4. The molecule has 0 bridgehead atoms. The van der Waals surface area contributed by atoms with Crippen molar-refractivity contribution in [2.45, 2.75) is 25.1 Å². The molecule has 7 heteroatoms. The lowest BCUT2D eigenvalue weighted by atomic mass is 10.0. The number of benzene rings is 1. The summed E-state index contributed by atoms with van der Waals surface area (Å²) < 4.78 is 1.65. The van der Waals surface area contributed by atoms with Crippen LogP contribution >= 0.6 is 11.6 Å². The topological polar surface area (TPSA) is 78.0 Å². The molecule has 0 amide bonds. The number of aliphatic hydroxyl groups is 1. The van der Waals surface area contributed by atoms with Crippen molar-refractivity contribution in [3.8, 4) is 6.07 Å². The van der Waals surface area contributed by atoms with Crippen molar-refractivity contribution in [1.82, 2.24) is 19.9 Å². The van der Waals surface area contributed by atoms with E-state index in [1.807, 2.05) is 6.07 Å². The number of nitriles is 1. The second-order valence-electron chi connectivity index (χ2n) is 5.70. The van der Waals surface area contributed by atoms with Gasteiger partial charge in [0.15, 0.2) is 0 Å². The van der Waals surface area contributed by atoms with Gasteiger partial charge in [0.1, 0.15) is 0 Å². The van der Waals surface area contributed by atoms with Gasteiger partial charge in [-0.2, -0.15) is 5.26 Å². The van der Waals surface area contributed by atoms with Gasteiger partial charge in [-0.25, -0.2) is 4.68 Å². The van der Waals surface area contributed by atoms with Crippen LogP contribution in [0.25, 0.3) is 0 Å². The van der Waals surface area contributed by atoms with Gasteiger partial charge in [0.25, 0.3) is 0 Å². The van der Waals surface area contributed by atoms with E-state index in [4.69, 9.17) is 11.6 Å². The minimum absolute atomic E-state index is 0.426. The summed E-state index contributed by atoms with van der Waals surface area (Å²) >= 11 is 5.92. The third-order valence-electron chi connectivity index (χ3n) is 3.93. The second-order valence-corrected chi connectivity index (χ2v) is 6.14. The molecule has 1 aliphatic rings. The average molecular weight is 318 g/mol. The van der Waals surface area contributed by atoms with Crippen LogP contribution in [0.15, 0.2) is 30.6 Å². The molecule has 2 heterocycles. The smallest absolute Gasteiger partial charge is 0.0995 e. The van der Waals surface area contributed by atoms with Crippen molar-refractivity contribution in [1.29, 1.82) is 5.26 Å². The molecular formula is C15H16ClN5O. The summed E-state index contributed by atoms with van der Waals surface area (Å²) in [5.74, 6) is 0. The van der Waals surface area contributed by atoms with Gasteiger partial charge in [-0.05, 0) is 24.1 Å². The summed E-state index contributed by atoms with van der Waals surface area (Å²) in [6.07, 6.45) is 4.01. The van der Waals surface area contributed by atoms with Crippen LogP contribution in [0.1, 0.15) is 17.5 Å². The SMILES string of the molecule is N#Cc1cc(Cl)ccc1CN1CCC(O)(Cn2ccnn2)C1. The number of hydrogen-bond acceptors (Lipinski definition) is 5. The summed E-state index contributed by atoms with van der Waals surface area (Å²) in [6, 6.07) is 7.50. The minimum Gasteiger partial charge on any atom is -0.387 e. The van der Waals surface area contributed by atoms with Gasteiger partial charge < -0.3 is 5.11 Å². The van der Waals surface area contributed by atoms with Crippen LogP contribution in [0.2, 0.25) is 5.02 Å². The summed E-state index contributed by atoms with van der Waals surface area (Å²) in [4.78, 5) is 2.14. The highest BCUT2D eigenvalue weighted by atomic mass is 35.5. The van der Waals surface area contributed by atoms with Crippen LogP contribution in [0.4, 0.5) is 0 Å². The van der Waals surface area contributed by atoms with Gasteiger partial charge in [-0.15, -0.1) is 5.10 Å². The van der Waals surface area contributed by atoms with Crippen LogP contribution in [-0.2, 0) is 13.1 Å². The van der Waals surface area contributed by atoms with Crippen LogP contribution in [0.5, 0.6) is 0 Å². The molecule has 2 aromatic rings. The largest absolute Gasteiger partial charge is 0.387 e. The number of halogens is 1. The second kappa shape index (κ2) is 6.05. The Morgan fingerprint density at radius 1 is 1.45 bits per heavy atom. The Morgan fingerprint density at radius 3 is 3.05 bits per heavy atom. The standard InChI is InChI=1S/C15H16ClN5O/c16-14-2-1-12(13(7-14)8-17)9-20-5-3-15(22,10-20)11-21-6-4-18-19-21/h1-2,4,6-7,22H,3,5,9-11H2. The van der Waals surface area contributed by atoms with E-state index in [1.54, 1.807) is 29.2 Å². The summed E-state index contributed by atoms with van der Waals surface area (Å²) in [7, 11) is 0. The fraction of sp³-hybridized carbons (Fsp3) is 0.400. The number of hydrogen-bond donors (Lipinski definition) is 1. The summed E-state index contributed by atoms with van der Waals surface area (Å²) in [5.41, 5.74) is 0.698. The first-order valence-electron chi connectivity index (χ1n) is 7.05. The monoisotopic (exact) mass is 317 g/mol. The van der Waals surface area contributed by atoms with Crippen LogP contribution in [0.3, 0.4) is 0 Å². The zero-order valence-corrected chi connectivity index (χ0v) is 12.7. The maximum atomic E-state index is 10.7. The molecular weight excluding hydrogens is 302 g/mol. The summed E-state index contributed by atoms with van der Waals surface area (Å²) in [6.45, 7) is 2.37. The van der Waals surface area contributed by atoms with Crippen molar-refractivity contribution in [3.63, 3.8) is 0 Å². The number of aromatic nitrogens is 3. The van der Waals surface area contributed by atoms with E-state index < -0.39 is 5.60 Å². The Balaban J connectivity index is 1.67. The Bertz CT molecular complexity index is 696. The molecule has 22 heavy (non-hydrogen) atoms. The Morgan fingerprint density at radius 2 is 2.32 bits per heavy atom. The lowest BCUT2D eigenvalue weighted by Crippen LogP contribution is -2.37. The molecule has 1 aliphatic heterocycles. The van der Waals surface area contributed by atoms with Gasteiger partial charge in [-0.3, -0.25) is 4.90 Å². The first-order chi connectivity index (χ1) is 10.6. The molecule has 0 aliphatic carbocycles. The molecule has 1 aromatic carbocycles. The number of β-amino-alcohol motifs (C(OH)–C–C–N with tert-alkyl or cyclic N) is 1. The van der Waals surface area contributed by atoms with Crippen LogP contribution in [0, 0.1) is 11.3 Å². The van der Waals surface area contributed by atoms with E-state index in [-0.39, 0.29) is 0 Å². The fourth-order valence-electron chi connectivity index (χ4n) is 2.85. The van der Waals surface area contributed by atoms with E-state index in [9.17, 15) is 10.4 Å². The molecule has 1 N–H and O–H groups in total. The quantitative estimate of drug-likeness (QED) is 0.923. The number of likely N-dealkylation sites (tertiary alicyclic amines) is 1. The van der Waals surface area contributed by atoms with Gasteiger partial charge >= 0.3 is 0 Å².